The average Bonchev–Trinajstić information content (AvgIpc) is 3.49. The van der Waals surface area contributed by atoms with Crippen LogP contribution in [0.4, 0.5) is 23.2 Å². The van der Waals surface area contributed by atoms with E-state index in [1.807, 2.05) is 6.07 Å². The van der Waals surface area contributed by atoms with Crippen molar-refractivity contribution >= 4 is 22.5 Å². The first-order valence-electron chi connectivity index (χ1n) is 11.9. The fourth-order valence-electron chi connectivity index (χ4n) is 4.61. The highest BCUT2D eigenvalue weighted by Crippen LogP contribution is 2.38. The molecule has 0 saturated carbocycles. The summed E-state index contributed by atoms with van der Waals surface area (Å²) in [4.78, 5) is 18.6. The maximum Gasteiger partial charge on any atom is 0.407 e. The molecule has 0 saturated heterocycles. The lowest BCUT2D eigenvalue weighted by molar-refractivity contribution is -0.136. The van der Waals surface area contributed by atoms with Gasteiger partial charge >= 0.3 is 6.18 Å². The van der Waals surface area contributed by atoms with Crippen molar-refractivity contribution in [1.29, 1.82) is 0 Å². The van der Waals surface area contributed by atoms with Crippen molar-refractivity contribution in [3.63, 3.8) is 0 Å². The number of rotatable bonds is 5. The number of carbonyl (C=O) groups is 1. The lowest BCUT2D eigenvalue weighted by Crippen LogP contribution is -2.23. The fraction of sp³-hybridized carbons (Fsp3) is 0.138. The molecule has 2 aromatic heterocycles. The number of H-pyrrole nitrogens is 1. The standard InChI is InChI=1S/C29H21F4N5O/c1-16-27(17(2)38(37-16)22-7-9-26(34-3)23(14-22)29(31,32)33)19-4-5-21(24(30)13-19)15-36-28(39)20-6-8-25-18(12-20)10-11-35-25/h4-14,35H,15H2,1-2H3,(H,36,39). The number of alkyl halides is 3. The Kier molecular flexibility index (Phi) is 6.44. The zero-order valence-corrected chi connectivity index (χ0v) is 20.8. The second kappa shape index (κ2) is 9.76. The number of aromatic amines is 1. The van der Waals surface area contributed by atoms with Crippen LogP contribution in [0.25, 0.3) is 32.6 Å². The van der Waals surface area contributed by atoms with Crippen molar-refractivity contribution in [1.82, 2.24) is 20.1 Å². The summed E-state index contributed by atoms with van der Waals surface area (Å²) in [5.74, 6) is -0.877. The summed E-state index contributed by atoms with van der Waals surface area (Å²) in [5, 5.41) is 8.01. The molecule has 0 bridgehead atoms. The van der Waals surface area contributed by atoms with E-state index in [0.29, 0.717) is 28.1 Å². The SMILES string of the molecule is [C-]#[N+]c1ccc(-n2nc(C)c(-c3ccc(CNC(=O)c4ccc5[nH]ccc5c4)c(F)c3)c2C)cc1C(F)(F)F. The average molecular weight is 532 g/mol. The normalized spacial score (nSPS) is 11.5. The Hall–Kier alpha value is -4.91. The zero-order chi connectivity index (χ0) is 27.9. The number of benzene rings is 3. The molecule has 0 atom stereocenters. The van der Waals surface area contributed by atoms with Crippen LogP contribution in [0, 0.1) is 26.2 Å². The Bertz CT molecular complexity index is 1780. The van der Waals surface area contributed by atoms with Gasteiger partial charge in [-0.1, -0.05) is 18.2 Å². The van der Waals surface area contributed by atoms with Crippen LogP contribution in [-0.2, 0) is 12.7 Å². The van der Waals surface area contributed by atoms with Gasteiger partial charge in [-0.2, -0.15) is 18.3 Å². The van der Waals surface area contributed by atoms with Crippen LogP contribution >= 0.6 is 0 Å². The summed E-state index contributed by atoms with van der Waals surface area (Å²) >= 11 is 0. The van der Waals surface area contributed by atoms with E-state index in [-0.39, 0.29) is 23.7 Å². The van der Waals surface area contributed by atoms with Gasteiger partial charge in [0.25, 0.3) is 5.91 Å². The van der Waals surface area contributed by atoms with Gasteiger partial charge in [0.1, 0.15) is 5.82 Å². The summed E-state index contributed by atoms with van der Waals surface area (Å²) in [7, 11) is 0. The largest absolute Gasteiger partial charge is 0.407 e. The molecule has 3 aromatic carbocycles. The summed E-state index contributed by atoms with van der Waals surface area (Å²) < 4.78 is 56.9. The van der Waals surface area contributed by atoms with Crippen LogP contribution in [0.5, 0.6) is 0 Å². The third-order valence-corrected chi connectivity index (χ3v) is 6.54. The van der Waals surface area contributed by atoms with Gasteiger partial charge in [-0.25, -0.2) is 13.9 Å². The van der Waals surface area contributed by atoms with Gasteiger partial charge in [-0.05, 0) is 61.9 Å². The number of hydrogen-bond acceptors (Lipinski definition) is 2. The topological polar surface area (TPSA) is 67.1 Å². The van der Waals surface area contributed by atoms with Crippen LogP contribution in [0.1, 0.15) is 32.9 Å². The first-order chi connectivity index (χ1) is 18.6. The highest BCUT2D eigenvalue weighted by Gasteiger charge is 2.34. The molecule has 5 aromatic rings. The minimum atomic E-state index is -4.70. The molecule has 0 unspecified atom stereocenters. The van der Waals surface area contributed by atoms with E-state index in [1.165, 1.54) is 16.8 Å². The first kappa shape index (κ1) is 25.7. The van der Waals surface area contributed by atoms with E-state index in [1.54, 1.807) is 50.4 Å². The number of nitrogens with one attached hydrogen (secondary N) is 2. The number of aryl methyl sites for hydroxylation is 1. The molecule has 6 nitrogen and oxygen atoms in total. The maximum absolute atomic E-state index is 15.1. The molecule has 5 rings (SSSR count). The molecule has 2 heterocycles. The number of nitrogens with zero attached hydrogens (tertiary/aromatic N) is 3. The summed E-state index contributed by atoms with van der Waals surface area (Å²) in [6.07, 6.45) is -2.92. The summed E-state index contributed by atoms with van der Waals surface area (Å²) in [6.45, 7) is 10.4. The Morgan fingerprint density at radius 1 is 1.08 bits per heavy atom. The smallest absolute Gasteiger partial charge is 0.361 e. The number of amides is 1. The van der Waals surface area contributed by atoms with Gasteiger partial charge in [0.2, 0.25) is 0 Å². The van der Waals surface area contributed by atoms with E-state index in [9.17, 15) is 18.0 Å². The van der Waals surface area contributed by atoms with Crippen LogP contribution in [0.15, 0.2) is 66.9 Å². The maximum atomic E-state index is 15.1. The quantitative estimate of drug-likeness (QED) is 0.185. The monoisotopic (exact) mass is 531 g/mol. The zero-order valence-electron chi connectivity index (χ0n) is 20.8. The summed E-state index contributed by atoms with van der Waals surface area (Å²) in [6, 6.07) is 15.0. The number of carbonyl (C=O) groups excluding carboxylic acids is 1. The molecule has 0 aliphatic heterocycles. The molecule has 0 aliphatic carbocycles. The van der Waals surface area contributed by atoms with Gasteiger partial charge in [-0.15, -0.1) is 0 Å². The Balaban J connectivity index is 1.39. The van der Waals surface area contributed by atoms with Crippen LogP contribution in [0.2, 0.25) is 0 Å². The van der Waals surface area contributed by atoms with Crippen molar-refractivity contribution < 1.29 is 22.4 Å². The molecule has 1 amide bonds. The molecule has 0 fully saturated rings. The van der Waals surface area contributed by atoms with E-state index in [2.05, 4.69) is 20.2 Å². The van der Waals surface area contributed by atoms with Crippen LogP contribution < -0.4 is 5.32 Å². The third-order valence-electron chi connectivity index (χ3n) is 6.54. The van der Waals surface area contributed by atoms with Crippen molar-refractivity contribution in [2.24, 2.45) is 0 Å². The lowest BCUT2D eigenvalue weighted by Gasteiger charge is -2.12. The predicted molar refractivity (Wildman–Crippen MR) is 139 cm³/mol. The number of aromatic nitrogens is 3. The van der Waals surface area contributed by atoms with Gasteiger partial charge in [0.05, 0.1) is 23.5 Å². The molecule has 0 spiro atoms. The minimum absolute atomic E-state index is 0.0268. The first-order valence-corrected chi connectivity index (χ1v) is 11.9. The molecule has 0 radical (unpaired) electrons. The second-order valence-corrected chi connectivity index (χ2v) is 9.04. The van der Waals surface area contributed by atoms with Gasteiger partial charge in [0, 0.05) is 46.0 Å². The van der Waals surface area contributed by atoms with Crippen molar-refractivity contribution in [2.75, 3.05) is 0 Å². The van der Waals surface area contributed by atoms with E-state index in [4.69, 9.17) is 6.57 Å². The third kappa shape index (κ3) is 4.86. The molecule has 196 valence electrons. The lowest BCUT2D eigenvalue weighted by atomic mass is 10.0. The molecule has 0 aliphatic rings. The van der Waals surface area contributed by atoms with E-state index in [0.717, 1.165) is 23.0 Å². The highest BCUT2D eigenvalue weighted by molar-refractivity contribution is 5.98. The van der Waals surface area contributed by atoms with Gasteiger partial charge < -0.3 is 10.3 Å². The van der Waals surface area contributed by atoms with Gasteiger partial charge in [0.15, 0.2) is 5.69 Å². The highest BCUT2D eigenvalue weighted by atomic mass is 19.4. The van der Waals surface area contributed by atoms with Crippen LogP contribution in [0.3, 0.4) is 0 Å². The fourth-order valence-corrected chi connectivity index (χ4v) is 4.61. The van der Waals surface area contributed by atoms with E-state index >= 15 is 4.39 Å². The van der Waals surface area contributed by atoms with Crippen LogP contribution in [-0.4, -0.2) is 20.7 Å². The summed E-state index contributed by atoms with van der Waals surface area (Å²) in [5.41, 5.74) is 2.31. The van der Waals surface area contributed by atoms with E-state index < -0.39 is 23.2 Å². The number of halogens is 4. The van der Waals surface area contributed by atoms with Gasteiger partial charge in [-0.3, -0.25) is 4.79 Å². The molecular formula is C29H21F4N5O. The van der Waals surface area contributed by atoms with Crippen molar-refractivity contribution in [3.05, 3.63) is 112 Å². The van der Waals surface area contributed by atoms with Crippen molar-refractivity contribution in [2.45, 2.75) is 26.6 Å². The minimum Gasteiger partial charge on any atom is -0.361 e. The molecule has 2 N–H and O–H groups in total. The number of fused-ring (bicyclic) bond motifs is 1. The Morgan fingerprint density at radius 2 is 1.87 bits per heavy atom. The second-order valence-electron chi connectivity index (χ2n) is 9.04. The Morgan fingerprint density at radius 3 is 2.59 bits per heavy atom. The number of hydrogen-bond donors (Lipinski definition) is 2. The Labute approximate surface area is 220 Å². The molecular weight excluding hydrogens is 510 g/mol. The molecule has 10 heteroatoms. The van der Waals surface area contributed by atoms with Crippen molar-refractivity contribution in [3.8, 4) is 16.8 Å². The predicted octanol–water partition coefficient (Wildman–Crippen LogP) is 7.28. The molecule has 39 heavy (non-hydrogen) atoms.